The molecule has 1 aromatic carbocycles. The second-order valence-corrected chi connectivity index (χ2v) is 5.69. The minimum Gasteiger partial charge on any atom is -0.352 e. The Morgan fingerprint density at radius 2 is 2.00 bits per heavy atom. The Bertz CT molecular complexity index is 829. The molecule has 0 unspecified atom stereocenters. The van der Waals surface area contributed by atoms with Gasteiger partial charge in [-0.15, -0.1) is 0 Å². The summed E-state index contributed by atoms with van der Waals surface area (Å²) in [5, 5.41) is 2.56. The molecule has 25 heavy (non-hydrogen) atoms. The molecule has 0 radical (unpaired) electrons. The van der Waals surface area contributed by atoms with E-state index in [9.17, 15) is 22.8 Å². The molecule has 2 rings (SSSR count). The van der Waals surface area contributed by atoms with E-state index < -0.39 is 11.7 Å². The van der Waals surface area contributed by atoms with Gasteiger partial charge in [0.15, 0.2) is 0 Å². The number of aryl methyl sites for hydroxylation is 2. The summed E-state index contributed by atoms with van der Waals surface area (Å²) in [7, 11) is 0. The molecule has 1 amide bonds. The Morgan fingerprint density at radius 1 is 1.28 bits per heavy atom. The number of rotatable bonds is 5. The minimum atomic E-state index is -4.42. The van der Waals surface area contributed by atoms with Gasteiger partial charge in [-0.05, 0) is 38.0 Å². The standard InChI is InChI=1S/C17H18F3N3O2/c1-10-14(16(25)23-11(2)22-10)6-7-15(24)21-9-12-4-3-5-13(8-12)17(18,19)20/h3-5,8H,6-7,9H2,1-2H3,(H,21,24)(H,22,23,25). The topological polar surface area (TPSA) is 74.8 Å². The zero-order chi connectivity index (χ0) is 18.6. The first kappa shape index (κ1) is 18.7. The Morgan fingerprint density at radius 3 is 2.64 bits per heavy atom. The number of alkyl halides is 3. The van der Waals surface area contributed by atoms with Gasteiger partial charge in [0, 0.05) is 24.2 Å². The van der Waals surface area contributed by atoms with E-state index >= 15 is 0 Å². The first-order valence-electron chi connectivity index (χ1n) is 7.66. The van der Waals surface area contributed by atoms with Crippen LogP contribution < -0.4 is 10.9 Å². The van der Waals surface area contributed by atoms with Crippen molar-refractivity contribution in [2.45, 2.75) is 39.4 Å². The molecule has 1 heterocycles. The molecule has 0 aliphatic rings. The lowest BCUT2D eigenvalue weighted by atomic mass is 10.1. The second-order valence-electron chi connectivity index (χ2n) is 5.69. The molecule has 0 saturated heterocycles. The molecule has 0 saturated carbocycles. The third kappa shape index (κ3) is 5.17. The van der Waals surface area contributed by atoms with Crippen molar-refractivity contribution >= 4 is 5.91 Å². The van der Waals surface area contributed by atoms with Crippen LogP contribution in [-0.4, -0.2) is 15.9 Å². The molecule has 0 atom stereocenters. The number of benzene rings is 1. The highest BCUT2D eigenvalue weighted by molar-refractivity contribution is 5.76. The number of amides is 1. The number of nitrogens with zero attached hydrogens (tertiary/aromatic N) is 1. The van der Waals surface area contributed by atoms with Gasteiger partial charge >= 0.3 is 6.18 Å². The normalized spacial score (nSPS) is 11.4. The summed E-state index contributed by atoms with van der Waals surface area (Å²) >= 11 is 0. The van der Waals surface area contributed by atoms with Gasteiger partial charge in [-0.3, -0.25) is 9.59 Å². The van der Waals surface area contributed by atoms with E-state index in [4.69, 9.17) is 0 Å². The first-order chi connectivity index (χ1) is 11.7. The molecule has 2 N–H and O–H groups in total. The zero-order valence-electron chi connectivity index (χ0n) is 13.8. The number of nitrogens with one attached hydrogen (secondary N) is 2. The lowest BCUT2D eigenvalue weighted by molar-refractivity contribution is -0.137. The first-order valence-corrected chi connectivity index (χ1v) is 7.66. The SMILES string of the molecule is Cc1nc(C)c(CCC(=O)NCc2cccc(C(F)(F)F)c2)c(=O)[nH]1. The van der Waals surface area contributed by atoms with E-state index in [-0.39, 0.29) is 30.9 Å². The van der Waals surface area contributed by atoms with Crippen LogP contribution in [0.5, 0.6) is 0 Å². The van der Waals surface area contributed by atoms with E-state index in [0.29, 0.717) is 22.6 Å². The predicted molar refractivity (Wildman–Crippen MR) is 85.9 cm³/mol. The Kier molecular flexibility index (Phi) is 5.61. The highest BCUT2D eigenvalue weighted by Crippen LogP contribution is 2.29. The van der Waals surface area contributed by atoms with Crippen molar-refractivity contribution in [1.82, 2.24) is 15.3 Å². The lowest BCUT2D eigenvalue weighted by Crippen LogP contribution is -2.25. The highest BCUT2D eigenvalue weighted by atomic mass is 19.4. The number of H-pyrrole nitrogens is 1. The van der Waals surface area contributed by atoms with Crippen molar-refractivity contribution in [1.29, 1.82) is 0 Å². The number of hydrogen-bond donors (Lipinski definition) is 2. The van der Waals surface area contributed by atoms with Gasteiger partial charge in [-0.2, -0.15) is 13.2 Å². The van der Waals surface area contributed by atoms with Crippen LogP contribution in [0.4, 0.5) is 13.2 Å². The van der Waals surface area contributed by atoms with Gasteiger partial charge in [0.05, 0.1) is 5.56 Å². The summed E-state index contributed by atoms with van der Waals surface area (Å²) < 4.78 is 38.0. The van der Waals surface area contributed by atoms with Gasteiger partial charge in [0.2, 0.25) is 5.91 Å². The monoisotopic (exact) mass is 353 g/mol. The fourth-order valence-corrected chi connectivity index (χ4v) is 2.43. The highest BCUT2D eigenvalue weighted by Gasteiger charge is 2.30. The largest absolute Gasteiger partial charge is 0.416 e. The maximum atomic E-state index is 12.7. The maximum Gasteiger partial charge on any atom is 0.416 e. The van der Waals surface area contributed by atoms with Crippen LogP contribution in [0, 0.1) is 13.8 Å². The van der Waals surface area contributed by atoms with Gasteiger partial charge in [0.25, 0.3) is 5.56 Å². The Labute approximate surface area is 142 Å². The fraction of sp³-hybridized carbons (Fsp3) is 0.353. The minimum absolute atomic E-state index is 0.00968. The number of carbonyl (C=O) groups is 1. The number of carbonyl (C=O) groups excluding carboxylic acids is 1. The van der Waals surface area contributed by atoms with Crippen molar-refractivity contribution < 1.29 is 18.0 Å². The molecule has 8 heteroatoms. The van der Waals surface area contributed by atoms with Crippen LogP contribution in [0.15, 0.2) is 29.1 Å². The van der Waals surface area contributed by atoms with E-state index in [1.807, 2.05) is 0 Å². The summed E-state index contributed by atoms with van der Waals surface area (Å²) in [6, 6.07) is 4.78. The van der Waals surface area contributed by atoms with Gasteiger partial charge in [0.1, 0.15) is 5.82 Å². The van der Waals surface area contributed by atoms with Crippen molar-refractivity contribution in [2.24, 2.45) is 0 Å². The quantitative estimate of drug-likeness (QED) is 0.868. The second kappa shape index (κ2) is 7.50. The maximum absolute atomic E-state index is 12.7. The lowest BCUT2D eigenvalue weighted by Gasteiger charge is -2.10. The Balaban J connectivity index is 1.93. The van der Waals surface area contributed by atoms with E-state index in [1.54, 1.807) is 13.8 Å². The fourth-order valence-electron chi connectivity index (χ4n) is 2.43. The third-order valence-electron chi connectivity index (χ3n) is 3.69. The number of aromatic amines is 1. The summed E-state index contributed by atoms with van der Waals surface area (Å²) in [4.78, 5) is 30.5. The molecule has 134 valence electrons. The molecule has 5 nitrogen and oxygen atoms in total. The molecular weight excluding hydrogens is 335 g/mol. The summed E-state index contributed by atoms with van der Waals surface area (Å²) in [5.74, 6) is 0.150. The molecule has 0 spiro atoms. The molecule has 2 aromatic rings. The number of aromatic nitrogens is 2. The number of hydrogen-bond acceptors (Lipinski definition) is 3. The molecule has 0 fully saturated rings. The third-order valence-corrected chi connectivity index (χ3v) is 3.69. The van der Waals surface area contributed by atoms with Crippen LogP contribution in [0.1, 0.15) is 34.6 Å². The van der Waals surface area contributed by atoms with Crippen molar-refractivity contribution in [3.05, 3.63) is 62.8 Å². The van der Waals surface area contributed by atoms with E-state index in [2.05, 4.69) is 15.3 Å². The average molecular weight is 353 g/mol. The van der Waals surface area contributed by atoms with Crippen molar-refractivity contribution in [3.8, 4) is 0 Å². The van der Waals surface area contributed by atoms with Crippen LogP contribution in [0.2, 0.25) is 0 Å². The average Bonchev–Trinajstić information content (AvgIpc) is 2.51. The molecule has 0 bridgehead atoms. The smallest absolute Gasteiger partial charge is 0.352 e. The van der Waals surface area contributed by atoms with E-state index in [1.165, 1.54) is 12.1 Å². The van der Waals surface area contributed by atoms with Crippen molar-refractivity contribution in [3.63, 3.8) is 0 Å². The van der Waals surface area contributed by atoms with Crippen LogP contribution in [-0.2, 0) is 23.9 Å². The van der Waals surface area contributed by atoms with Gasteiger partial charge < -0.3 is 10.3 Å². The number of halogens is 3. The summed E-state index contributed by atoms with van der Waals surface area (Å²) in [5.41, 5.74) is 0.309. The molecule has 0 aliphatic heterocycles. The van der Waals surface area contributed by atoms with Crippen LogP contribution in [0.3, 0.4) is 0 Å². The van der Waals surface area contributed by atoms with Gasteiger partial charge in [-0.1, -0.05) is 12.1 Å². The van der Waals surface area contributed by atoms with E-state index in [0.717, 1.165) is 12.1 Å². The zero-order valence-corrected chi connectivity index (χ0v) is 13.8. The van der Waals surface area contributed by atoms with Crippen LogP contribution in [0.25, 0.3) is 0 Å². The Hall–Kier alpha value is -2.64. The molecular formula is C17H18F3N3O2. The van der Waals surface area contributed by atoms with Gasteiger partial charge in [-0.25, -0.2) is 4.98 Å². The van der Waals surface area contributed by atoms with Crippen molar-refractivity contribution in [2.75, 3.05) is 0 Å². The summed E-state index contributed by atoms with van der Waals surface area (Å²) in [6.07, 6.45) is -4.16. The predicted octanol–water partition coefficient (Wildman–Crippen LogP) is 2.65. The molecule has 1 aromatic heterocycles. The van der Waals surface area contributed by atoms with Crippen LogP contribution >= 0.6 is 0 Å². The summed E-state index contributed by atoms with van der Waals surface area (Å²) in [6.45, 7) is 3.35. The molecule has 0 aliphatic carbocycles.